The molecule has 0 fully saturated rings. The summed E-state index contributed by atoms with van der Waals surface area (Å²) in [5.41, 5.74) is 7.53. The van der Waals surface area contributed by atoms with Crippen LogP contribution in [0.1, 0.15) is 50.7 Å². The number of aromatic nitrogens is 2. The van der Waals surface area contributed by atoms with Crippen molar-refractivity contribution in [2.24, 2.45) is 0 Å². The van der Waals surface area contributed by atoms with E-state index in [0.717, 1.165) is 17.7 Å². The molecule has 1 aliphatic rings. The van der Waals surface area contributed by atoms with Crippen molar-refractivity contribution in [3.63, 3.8) is 0 Å². The molecule has 28 heavy (non-hydrogen) atoms. The third kappa shape index (κ3) is 3.51. The van der Waals surface area contributed by atoms with Crippen molar-refractivity contribution in [3.8, 4) is 16.8 Å². The normalized spacial score (nSPS) is 13.6. The molecule has 0 amide bonds. The molecule has 0 bridgehead atoms. The van der Waals surface area contributed by atoms with E-state index < -0.39 is 0 Å². The van der Waals surface area contributed by atoms with Gasteiger partial charge in [-0.25, -0.2) is 4.68 Å². The monoisotopic (exact) mass is 368 g/mol. The van der Waals surface area contributed by atoms with Gasteiger partial charge in [-0.2, -0.15) is 5.10 Å². The Balaban J connectivity index is 1.75. The summed E-state index contributed by atoms with van der Waals surface area (Å²) in [4.78, 5) is 2.17. The van der Waals surface area contributed by atoms with E-state index in [1.54, 1.807) is 0 Å². The molecule has 2 heterocycles. The lowest BCUT2D eigenvalue weighted by Crippen LogP contribution is -2.15. The summed E-state index contributed by atoms with van der Waals surface area (Å²) < 4.78 is 1.99. The molecule has 0 spiro atoms. The fraction of sp³-hybridized carbons (Fsp3) is 0.292. The Morgan fingerprint density at radius 3 is 2.25 bits per heavy atom. The average Bonchev–Trinajstić information content (AvgIpc) is 3.39. The predicted octanol–water partition coefficient (Wildman–Crippen LogP) is 6.16. The first-order valence-corrected chi connectivity index (χ1v) is 10.1. The van der Waals surface area contributed by atoms with Crippen molar-refractivity contribution >= 4 is 13.1 Å². The molecule has 1 radical (unpaired) electrons. The highest BCUT2D eigenvalue weighted by molar-refractivity contribution is 6.44. The van der Waals surface area contributed by atoms with E-state index >= 15 is 0 Å². The van der Waals surface area contributed by atoms with Crippen LogP contribution in [0.2, 0.25) is 6.32 Å². The smallest absolute Gasteiger partial charge is 0.256 e. The minimum Gasteiger partial charge on any atom is -0.397 e. The lowest BCUT2D eigenvalue weighted by atomic mass is 9.86. The molecule has 0 N–H and O–H groups in total. The predicted molar refractivity (Wildman–Crippen MR) is 119 cm³/mol. The summed E-state index contributed by atoms with van der Waals surface area (Å²) in [6.07, 6.45) is 9.42. The zero-order valence-electron chi connectivity index (χ0n) is 17.1. The number of allylic oxidation sites excluding steroid dienone is 1. The maximum Gasteiger partial charge on any atom is 0.256 e. The van der Waals surface area contributed by atoms with Crippen LogP contribution in [-0.2, 0) is 0 Å². The summed E-state index contributed by atoms with van der Waals surface area (Å²) >= 11 is 0. The van der Waals surface area contributed by atoms with Gasteiger partial charge in [0, 0.05) is 17.4 Å². The highest BCUT2D eigenvalue weighted by Gasteiger charge is 2.17. The lowest BCUT2D eigenvalue weighted by molar-refractivity contribution is 0.838. The van der Waals surface area contributed by atoms with Crippen LogP contribution in [0.4, 0.5) is 5.69 Å². The average molecular weight is 368 g/mol. The van der Waals surface area contributed by atoms with Gasteiger partial charge in [0.15, 0.2) is 0 Å². The summed E-state index contributed by atoms with van der Waals surface area (Å²) in [6, 6.07) is 15.2. The van der Waals surface area contributed by atoms with E-state index in [9.17, 15) is 0 Å². The van der Waals surface area contributed by atoms with Crippen molar-refractivity contribution in [2.75, 3.05) is 4.81 Å². The fourth-order valence-corrected chi connectivity index (χ4v) is 3.87. The van der Waals surface area contributed by atoms with Crippen molar-refractivity contribution in [3.05, 3.63) is 78.3 Å². The lowest BCUT2D eigenvalue weighted by Gasteiger charge is -2.18. The third-order valence-electron chi connectivity index (χ3n) is 5.34. The van der Waals surface area contributed by atoms with Crippen molar-refractivity contribution in [1.29, 1.82) is 0 Å². The number of nitrogens with zero attached hydrogens (tertiary/aromatic N) is 3. The second-order valence-corrected chi connectivity index (χ2v) is 8.02. The molecule has 0 atom stereocenters. The second-order valence-electron chi connectivity index (χ2n) is 8.02. The van der Waals surface area contributed by atoms with Crippen LogP contribution >= 0.6 is 0 Å². The van der Waals surface area contributed by atoms with Crippen LogP contribution in [0.15, 0.2) is 67.1 Å². The van der Waals surface area contributed by atoms with Crippen LogP contribution in [0.3, 0.4) is 0 Å². The van der Waals surface area contributed by atoms with Gasteiger partial charge in [-0.05, 0) is 59.2 Å². The zero-order chi connectivity index (χ0) is 19.7. The van der Waals surface area contributed by atoms with Gasteiger partial charge in [0.1, 0.15) is 0 Å². The Morgan fingerprint density at radius 1 is 0.929 bits per heavy atom. The van der Waals surface area contributed by atoms with E-state index in [4.69, 9.17) is 5.10 Å². The Bertz CT molecular complexity index is 974. The zero-order valence-corrected chi connectivity index (χ0v) is 17.1. The molecule has 3 nitrogen and oxygen atoms in total. The van der Waals surface area contributed by atoms with E-state index in [-0.39, 0.29) is 0 Å². The van der Waals surface area contributed by atoms with Crippen LogP contribution in [0.5, 0.6) is 0 Å². The minimum absolute atomic E-state index is 0.470. The molecule has 4 rings (SSSR count). The Hall–Kier alpha value is -2.75. The molecule has 2 aromatic carbocycles. The highest BCUT2D eigenvalue weighted by atomic mass is 15.3. The van der Waals surface area contributed by atoms with Crippen LogP contribution in [0.25, 0.3) is 16.8 Å². The largest absolute Gasteiger partial charge is 0.397 e. The first-order chi connectivity index (χ1) is 13.5. The van der Waals surface area contributed by atoms with Gasteiger partial charge >= 0.3 is 0 Å². The first kappa shape index (κ1) is 18.6. The molecular weight excluding hydrogens is 341 g/mol. The third-order valence-corrected chi connectivity index (χ3v) is 5.34. The summed E-state index contributed by atoms with van der Waals surface area (Å²) in [5, 5.41) is 4.70. The molecule has 3 aromatic rings. The fourth-order valence-electron chi connectivity index (χ4n) is 3.87. The molecule has 0 unspecified atom stereocenters. The quantitative estimate of drug-likeness (QED) is 0.503. The van der Waals surface area contributed by atoms with Crippen molar-refractivity contribution in [2.45, 2.75) is 45.9 Å². The highest BCUT2D eigenvalue weighted by Crippen LogP contribution is 2.36. The maximum absolute atomic E-state index is 4.70. The maximum atomic E-state index is 4.70. The molecule has 0 aliphatic carbocycles. The number of hydrogen-bond acceptors (Lipinski definition) is 2. The minimum atomic E-state index is 0.470. The van der Waals surface area contributed by atoms with Crippen LogP contribution < -0.4 is 4.81 Å². The molecule has 1 aromatic heterocycles. The number of anilines is 1. The van der Waals surface area contributed by atoms with Crippen LogP contribution in [0, 0.1) is 0 Å². The van der Waals surface area contributed by atoms with E-state index in [1.165, 1.54) is 22.3 Å². The van der Waals surface area contributed by atoms with Gasteiger partial charge in [0.25, 0.3) is 7.41 Å². The van der Waals surface area contributed by atoms with E-state index in [1.807, 2.05) is 10.9 Å². The van der Waals surface area contributed by atoms with Crippen molar-refractivity contribution in [1.82, 2.24) is 9.78 Å². The standard InChI is InChI=1S/C24H27BN3/c1-17(2)22-10-6-11-23(18(3)4)24(22)19-15-26-28(16-19)21-9-5-8-20(14-21)27-13-7-12-25-27/h5-11,13-18H,12H2,1-4H3. The number of rotatable bonds is 5. The number of benzene rings is 2. The molecule has 0 saturated carbocycles. The van der Waals surface area contributed by atoms with E-state index in [2.05, 4.69) is 101 Å². The van der Waals surface area contributed by atoms with Crippen LogP contribution in [-0.4, -0.2) is 17.2 Å². The van der Waals surface area contributed by atoms with Gasteiger partial charge in [0.05, 0.1) is 11.9 Å². The van der Waals surface area contributed by atoms with Gasteiger partial charge in [-0.3, -0.25) is 0 Å². The SMILES string of the molecule is CC(C)c1cccc(C(C)C)c1-c1cnn(-c2cccc(N3[B]CC=C3)c2)c1. The molecule has 141 valence electrons. The Morgan fingerprint density at radius 2 is 1.61 bits per heavy atom. The molecule has 4 heteroatoms. The van der Waals surface area contributed by atoms with E-state index in [0.29, 0.717) is 11.8 Å². The summed E-state index contributed by atoms with van der Waals surface area (Å²) in [7, 11) is 2.18. The summed E-state index contributed by atoms with van der Waals surface area (Å²) in [5.74, 6) is 0.940. The van der Waals surface area contributed by atoms with Gasteiger partial charge in [0.2, 0.25) is 0 Å². The van der Waals surface area contributed by atoms with Gasteiger partial charge < -0.3 is 4.81 Å². The van der Waals surface area contributed by atoms with Crippen molar-refractivity contribution < 1.29 is 0 Å². The number of hydrogen-bond donors (Lipinski definition) is 0. The molecular formula is C24H27BN3. The van der Waals surface area contributed by atoms with Gasteiger partial charge in [-0.15, -0.1) is 0 Å². The summed E-state index contributed by atoms with van der Waals surface area (Å²) in [6.45, 7) is 9.04. The molecule has 1 aliphatic heterocycles. The Kier molecular flexibility index (Phi) is 5.12. The second kappa shape index (κ2) is 7.71. The topological polar surface area (TPSA) is 21.1 Å². The molecule has 0 saturated heterocycles. The van der Waals surface area contributed by atoms with Gasteiger partial charge in [-0.1, -0.05) is 58.0 Å². The first-order valence-electron chi connectivity index (χ1n) is 10.1. The Labute approximate surface area is 169 Å².